The highest BCUT2D eigenvalue weighted by atomic mass is 16.1. The third-order valence-corrected chi connectivity index (χ3v) is 3.07. The van der Waals surface area contributed by atoms with E-state index in [1.54, 1.807) is 0 Å². The third-order valence-electron chi connectivity index (χ3n) is 3.07. The van der Waals surface area contributed by atoms with Gasteiger partial charge in [0.1, 0.15) is 0 Å². The molecule has 1 amide bonds. The Bertz CT molecular complexity index is 181. The maximum atomic E-state index is 10.9. The van der Waals surface area contributed by atoms with Gasteiger partial charge in [-0.15, -0.1) is 0 Å². The maximum absolute atomic E-state index is 10.9. The second-order valence-corrected chi connectivity index (χ2v) is 3.60. The molecule has 0 aromatic heterocycles. The molecule has 0 spiro atoms. The summed E-state index contributed by atoms with van der Waals surface area (Å²) in [5, 5.41) is 3.40. The van der Waals surface area contributed by atoms with E-state index in [-0.39, 0.29) is 11.8 Å². The summed E-state index contributed by atoms with van der Waals surface area (Å²) in [7, 11) is 0. The van der Waals surface area contributed by atoms with Crippen molar-refractivity contribution in [2.24, 2.45) is 17.6 Å². The first-order chi connectivity index (χ1) is 5.29. The number of hydrogen-bond donors (Lipinski definition) is 2. The molecule has 3 nitrogen and oxygen atoms in total. The van der Waals surface area contributed by atoms with E-state index in [4.69, 9.17) is 5.73 Å². The highest BCUT2D eigenvalue weighted by Gasteiger charge is 2.41. The minimum absolute atomic E-state index is 0.0961. The normalized spacial score (nSPS) is 42.4. The molecule has 1 aliphatic heterocycles. The van der Waals surface area contributed by atoms with Gasteiger partial charge in [-0.25, -0.2) is 0 Å². The van der Waals surface area contributed by atoms with Crippen LogP contribution in [0.5, 0.6) is 0 Å². The molecule has 11 heavy (non-hydrogen) atoms. The highest BCUT2D eigenvalue weighted by molar-refractivity contribution is 5.77. The lowest BCUT2D eigenvalue weighted by Gasteiger charge is -2.45. The average Bonchev–Trinajstić information content (AvgIpc) is 1.90. The van der Waals surface area contributed by atoms with Crippen LogP contribution in [0.1, 0.15) is 19.3 Å². The Morgan fingerprint density at radius 2 is 2.18 bits per heavy atom. The van der Waals surface area contributed by atoms with Crippen LogP contribution in [0.3, 0.4) is 0 Å². The fourth-order valence-electron chi connectivity index (χ4n) is 2.25. The predicted molar refractivity (Wildman–Crippen MR) is 41.8 cm³/mol. The van der Waals surface area contributed by atoms with Crippen molar-refractivity contribution in [1.82, 2.24) is 5.32 Å². The van der Waals surface area contributed by atoms with E-state index < -0.39 is 0 Å². The van der Waals surface area contributed by atoms with E-state index in [9.17, 15) is 4.79 Å². The molecule has 1 aliphatic carbocycles. The SMILES string of the molecule is NC(=O)C1CCNC2CCC21. The zero-order valence-electron chi connectivity index (χ0n) is 6.55. The van der Waals surface area contributed by atoms with Crippen molar-refractivity contribution in [3.63, 3.8) is 0 Å². The second kappa shape index (κ2) is 2.48. The molecule has 0 aromatic carbocycles. The van der Waals surface area contributed by atoms with Gasteiger partial charge >= 0.3 is 0 Å². The van der Waals surface area contributed by atoms with Gasteiger partial charge in [0.15, 0.2) is 0 Å². The van der Waals surface area contributed by atoms with Crippen LogP contribution in [-0.2, 0) is 4.79 Å². The minimum atomic E-state index is -0.0961. The molecule has 1 saturated heterocycles. The van der Waals surface area contributed by atoms with Crippen molar-refractivity contribution in [1.29, 1.82) is 0 Å². The van der Waals surface area contributed by atoms with Crippen molar-refractivity contribution in [3.05, 3.63) is 0 Å². The van der Waals surface area contributed by atoms with Crippen LogP contribution in [0.25, 0.3) is 0 Å². The fraction of sp³-hybridized carbons (Fsp3) is 0.875. The van der Waals surface area contributed by atoms with Crippen molar-refractivity contribution < 1.29 is 4.79 Å². The van der Waals surface area contributed by atoms with E-state index in [1.165, 1.54) is 12.8 Å². The summed E-state index contributed by atoms with van der Waals surface area (Å²) in [5.41, 5.74) is 5.29. The van der Waals surface area contributed by atoms with Gasteiger partial charge in [0.25, 0.3) is 0 Å². The monoisotopic (exact) mass is 154 g/mol. The Morgan fingerprint density at radius 1 is 1.36 bits per heavy atom. The van der Waals surface area contributed by atoms with Gasteiger partial charge in [-0.05, 0) is 31.7 Å². The van der Waals surface area contributed by atoms with Gasteiger partial charge in [0, 0.05) is 12.0 Å². The van der Waals surface area contributed by atoms with Crippen LogP contribution in [0.4, 0.5) is 0 Å². The molecule has 3 atom stereocenters. The number of nitrogens with two attached hydrogens (primary N) is 1. The molecule has 0 aromatic rings. The first-order valence-corrected chi connectivity index (χ1v) is 4.32. The number of primary amides is 1. The number of carbonyl (C=O) groups is 1. The van der Waals surface area contributed by atoms with Crippen molar-refractivity contribution in [2.75, 3.05) is 6.54 Å². The second-order valence-electron chi connectivity index (χ2n) is 3.60. The molecule has 2 fully saturated rings. The van der Waals surface area contributed by atoms with Crippen molar-refractivity contribution in [2.45, 2.75) is 25.3 Å². The summed E-state index contributed by atoms with van der Waals surface area (Å²) in [6.07, 6.45) is 3.36. The van der Waals surface area contributed by atoms with E-state index in [0.29, 0.717) is 12.0 Å². The number of fused-ring (bicyclic) bond motifs is 1. The molecule has 0 bridgehead atoms. The highest BCUT2D eigenvalue weighted by Crippen LogP contribution is 2.37. The zero-order chi connectivity index (χ0) is 7.84. The Balaban J connectivity index is 2.03. The summed E-state index contributed by atoms with van der Waals surface area (Å²) < 4.78 is 0. The number of amides is 1. The van der Waals surface area contributed by atoms with Crippen molar-refractivity contribution >= 4 is 5.91 Å². The smallest absolute Gasteiger partial charge is 0.220 e. The van der Waals surface area contributed by atoms with Crippen LogP contribution in [0.15, 0.2) is 0 Å². The standard InChI is InChI=1S/C8H14N2O/c9-8(11)6-3-4-10-7-2-1-5(6)7/h5-7,10H,1-4H2,(H2,9,11). The summed E-state index contributed by atoms with van der Waals surface area (Å²) >= 11 is 0. The maximum Gasteiger partial charge on any atom is 0.220 e. The number of hydrogen-bond acceptors (Lipinski definition) is 2. The molecule has 2 rings (SSSR count). The topological polar surface area (TPSA) is 55.1 Å². The Morgan fingerprint density at radius 3 is 2.64 bits per heavy atom. The van der Waals surface area contributed by atoms with Gasteiger partial charge in [0.2, 0.25) is 5.91 Å². The number of rotatable bonds is 1. The molecule has 3 N–H and O–H groups in total. The Kier molecular flexibility index (Phi) is 1.60. The van der Waals surface area contributed by atoms with Crippen LogP contribution < -0.4 is 11.1 Å². The largest absolute Gasteiger partial charge is 0.369 e. The van der Waals surface area contributed by atoms with Crippen LogP contribution in [-0.4, -0.2) is 18.5 Å². The van der Waals surface area contributed by atoms with Gasteiger partial charge in [-0.2, -0.15) is 0 Å². The molecule has 1 heterocycles. The fourth-order valence-corrected chi connectivity index (χ4v) is 2.25. The number of nitrogens with one attached hydrogen (secondary N) is 1. The lowest BCUT2D eigenvalue weighted by Crippen LogP contribution is -2.55. The Hall–Kier alpha value is -0.570. The molecule has 3 heteroatoms. The Labute approximate surface area is 66.3 Å². The summed E-state index contributed by atoms with van der Waals surface area (Å²) in [6.45, 7) is 0.967. The van der Waals surface area contributed by atoms with Gasteiger partial charge in [-0.1, -0.05) is 0 Å². The molecular weight excluding hydrogens is 140 g/mol. The zero-order valence-corrected chi connectivity index (χ0v) is 6.55. The summed E-state index contributed by atoms with van der Waals surface area (Å²) in [6, 6.07) is 0.598. The van der Waals surface area contributed by atoms with Crippen LogP contribution >= 0.6 is 0 Å². The molecule has 62 valence electrons. The molecule has 2 aliphatic rings. The first-order valence-electron chi connectivity index (χ1n) is 4.32. The first kappa shape index (κ1) is 7.10. The van der Waals surface area contributed by atoms with Gasteiger partial charge < -0.3 is 11.1 Å². The summed E-state index contributed by atoms with van der Waals surface area (Å²) in [4.78, 5) is 10.9. The van der Waals surface area contributed by atoms with Crippen LogP contribution in [0, 0.1) is 11.8 Å². The molecule has 3 unspecified atom stereocenters. The minimum Gasteiger partial charge on any atom is -0.369 e. The molecular formula is C8H14N2O. The van der Waals surface area contributed by atoms with Crippen LogP contribution in [0.2, 0.25) is 0 Å². The lowest BCUT2D eigenvalue weighted by molar-refractivity contribution is -0.126. The number of carbonyl (C=O) groups excluding carboxylic acids is 1. The average molecular weight is 154 g/mol. The molecule has 1 saturated carbocycles. The van der Waals surface area contributed by atoms with E-state index >= 15 is 0 Å². The third kappa shape index (κ3) is 1.03. The van der Waals surface area contributed by atoms with E-state index in [2.05, 4.69) is 5.32 Å². The van der Waals surface area contributed by atoms with Crippen molar-refractivity contribution in [3.8, 4) is 0 Å². The quantitative estimate of drug-likeness (QED) is 0.552. The summed E-state index contributed by atoms with van der Waals surface area (Å²) in [5.74, 6) is 0.623. The van der Waals surface area contributed by atoms with E-state index in [1.807, 2.05) is 0 Å². The molecule has 0 radical (unpaired) electrons. The van der Waals surface area contributed by atoms with E-state index in [0.717, 1.165) is 13.0 Å². The van der Waals surface area contributed by atoms with Gasteiger partial charge in [0.05, 0.1) is 0 Å². The van der Waals surface area contributed by atoms with Gasteiger partial charge in [-0.3, -0.25) is 4.79 Å². The number of piperidine rings is 1. The predicted octanol–water partition coefficient (Wildman–Crippen LogP) is -0.140. The lowest BCUT2D eigenvalue weighted by atomic mass is 9.68.